The van der Waals surface area contributed by atoms with Crippen LogP contribution in [0.1, 0.15) is 187 Å². The zero-order valence-electron chi connectivity index (χ0n) is 45.3. The number of aliphatic hydroxyl groups excluding tert-OH is 1. The number of nitrogens with one attached hydrogen (secondary N) is 8. The maximum Gasteiger partial charge on any atom is 0.243 e. The summed E-state index contributed by atoms with van der Waals surface area (Å²) in [5.74, 6) is -4.11. The van der Waals surface area contributed by atoms with E-state index in [1.807, 2.05) is 0 Å². The van der Waals surface area contributed by atoms with Crippen molar-refractivity contribution in [2.75, 3.05) is 45.8 Å². The summed E-state index contributed by atoms with van der Waals surface area (Å²) in [5.41, 5.74) is 28.9. The minimum Gasteiger partial charge on any atom is -0.393 e. The minimum absolute atomic E-state index is 0.0655. The third kappa shape index (κ3) is 32.1. The summed E-state index contributed by atoms with van der Waals surface area (Å²) in [6.45, 7) is 5.90. The molecule has 0 aromatic heterocycles. The maximum absolute atomic E-state index is 14.4. The molecule has 22 heteroatoms. The third-order valence-corrected chi connectivity index (χ3v) is 13.2. The van der Waals surface area contributed by atoms with Crippen LogP contribution in [0.5, 0.6) is 0 Å². The van der Waals surface area contributed by atoms with Gasteiger partial charge in [-0.3, -0.25) is 38.4 Å². The monoisotopic (exact) mass is 1050 g/mol. The number of aliphatic hydroxyl groups is 1. The summed E-state index contributed by atoms with van der Waals surface area (Å²) < 4.78 is 0. The lowest BCUT2D eigenvalue weighted by Gasteiger charge is -2.28. The molecule has 1 aliphatic heterocycles. The fraction of sp³-hybridized carbons (Fsp3) is 0.846. The van der Waals surface area contributed by atoms with Gasteiger partial charge in [-0.05, 0) is 161 Å². The summed E-state index contributed by atoms with van der Waals surface area (Å²) in [6.07, 6.45) is 14.0. The second kappa shape index (κ2) is 42.7. The average molecular weight is 1050 g/mol. The number of nitrogens with two attached hydrogens (primary N) is 5. The van der Waals surface area contributed by atoms with Gasteiger partial charge in [-0.2, -0.15) is 0 Å². The standard InChI is InChI=1S/C52H101N13O9/c1-37(2)21-7-5-3-4-6-8-22-38(66)35-45(67)59-36-46(68)60-40(24-10-16-30-54)48(70)62-44-28-14-20-34-58-47(69)39(23-9-15-29-53)61-49(71)41(25-11-17-31-55)63-50(72)42(26-12-18-32-56)64-51(73)43(65-52(44)74)27-13-19-33-57/h37-44,66H,3-36,53-57H2,1-2H3,(H,58,69)(H,59,67)(H,60,68)(H,61,71)(H,62,70)(H,63,72)(H,64,73)(H,65,74)/t38?,39-,40-,41-,42-,43-,44-/m0/s1. The van der Waals surface area contributed by atoms with Crippen LogP contribution in [-0.2, 0) is 38.4 Å². The fourth-order valence-corrected chi connectivity index (χ4v) is 8.70. The number of hydrogen-bond donors (Lipinski definition) is 14. The molecule has 74 heavy (non-hydrogen) atoms. The van der Waals surface area contributed by atoms with Crippen molar-refractivity contribution >= 4 is 47.3 Å². The van der Waals surface area contributed by atoms with Crippen LogP contribution >= 0.6 is 0 Å². The maximum atomic E-state index is 14.4. The largest absolute Gasteiger partial charge is 0.393 e. The van der Waals surface area contributed by atoms with Gasteiger partial charge in [-0.15, -0.1) is 0 Å². The first-order chi connectivity index (χ1) is 35.6. The third-order valence-electron chi connectivity index (χ3n) is 13.2. The number of hydrogen-bond acceptors (Lipinski definition) is 14. The van der Waals surface area contributed by atoms with Crippen molar-refractivity contribution in [1.82, 2.24) is 42.5 Å². The number of rotatable bonds is 36. The summed E-state index contributed by atoms with van der Waals surface area (Å²) >= 11 is 0. The van der Waals surface area contributed by atoms with Gasteiger partial charge in [-0.1, -0.05) is 58.8 Å². The van der Waals surface area contributed by atoms with Gasteiger partial charge in [0.1, 0.15) is 36.3 Å². The van der Waals surface area contributed by atoms with Crippen molar-refractivity contribution in [3.63, 3.8) is 0 Å². The lowest BCUT2D eigenvalue weighted by atomic mass is 10.0. The molecule has 1 aliphatic rings. The van der Waals surface area contributed by atoms with Gasteiger partial charge in [0.15, 0.2) is 0 Å². The molecule has 1 saturated heterocycles. The van der Waals surface area contributed by atoms with E-state index in [2.05, 4.69) is 56.4 Å². The van der Waals surface area contributed by atoms with E-state index in [0.717, 1.165) is 25.7 Å². The Balaban J connectivity index is 3.39. The van der Waals surface area contributed by atoms with Gasteiger partial charge in [0.05, 0.1) is 19.1 Å². The van der Waals surface area contributed by atoms with Crippen molar-refractivity contribution in [2.45, 2.75) is 230 Å². The van der Waals surface area contributed by atoms with Crippen LogP contribution in [0, 0.1) is 5.92 Å². The minimum atomic E-state index is -1.22. The van der Waals surface area contributed by atoms with E-state index in [-0.39, 0.29) is 51.5 Å². The van der Waals surface area contributed by atoms with Crippen LogP contribution < -0.4 is 71.2 Å². The van der Waals surface area contributed by atoms with Gasteiger partial charge >= 0.3 is 0 Å². The summed E-state index contributed by atoms with van der Waals surface area (Å²) in [7, 11) is 0. The van der Waals surface area contributed by atoms with Crippen LogP contribution in [-0.4, -0.2) is 141 Å². The summed E-state index contributed by atoms with van der Waals surface area (Å²) in [6, 6.07) is -6.65. The lowest BCUT2D eigenvalue weighted by Crippen LogP contribution is -2.59. The molecule has 0 aromatic carbocycles. The normalized spacial score (nSPS) is 20.4. The van der Waals surface area contributed by atoms with Gasteiger partial charge < -0.3 is 76.3 Å². The lowest BCUT2D eigenvalue weighted by molar-refractivity contribution is -0.135. The van der Waals surface area contributed by atoms with E-state index >= 15 is 0 Å². The Morgan fingerprint density at radius 3 is 1.42 bits per heavy atom. The first-order valence-corrected chi connectivity index (χ1v) is 28.1. The molecule has 7 atom stereocenters. The fourth-order valence-electron chi connectivity index (χ4n) is 8.70. The van der Waals surface area contributed by atoms with Crippen molar-refractivity contribution in [1.29, 1.82) is 0 Å². The first kappa shape index (κ1) is 67.5. The molecule has 1 unspecified atom stereocenters. The van der Waals surface area contributed by atoms with Gasteiger partial charge in [0.2, 0.25) is 47.3 Å². The van der Waals surface area contributed by atoms with E-state index in [1.54, 1.807) is 0 Å². The highest BCUT2D eigenvalue weighted by molar-refractivity contribution is 5.97. The van der Waals surface area contributed by atoms with E-state index in [0.29, 0.717) is 122 Å². The van der Waals surface area contributed by atoms with Crippen molar-refractivity contribution in [3.05, 3.63) is 0 Å². The van der Waals surface area contributed by atoms with Crippen LogP contribution in [0.2, 0.25) is 0 Å². The molecule has 0 spiro atoms. The quantitative estimate of drug-likeness (QED) is 0.0380. The predicted molar refractivity (Wildman–Crippen MR) is 288 cm³/mol. The Kier molecular flexibility index (Phi) is 39.0. The molecule has 8 amide bonds. The SMILES string of the molecule is CC(C)CCCCCCCCC(O)CC(=O)NCC(=O)N[C@@H](CCCCN)C(=O)N[C@H]1CCCCNC(=O)[C@H](CCCCN)NC(=O)[C@H](CCCCN)NC(=O)[C@H](CCCCN)NC(=O)[C@H](CCCCN)NC1=O. The summed E-state index contributed by atoms with van der Waals surface area (Å²) in [4.78, 5) is 110. The Bertz CT molecular complexity index is 1610. The van der Waals surface area contributed by atoms with E-state index in [4.69, 9.17) is 28.7 Å². The van der Waals surface area contributed by atoms with E-state index < -0.39 is 96.2 Å². The molecular weight excluding hydrogens is 951 g/mol. The Morgan fingerprint density at radius 1 is 0.527 bits per heavy atom. The Hall–Kier alpha value is -4.48. The van der Waals surface area contributed by atoms with Crippen LogP contribution in [0.3, 0.4) is 0 Å². The van der Waals surface area contributed by atoms with Crippen molar-refractivity contribution in [2.24, 2.45) is 34.6 Å². The number of unbranched alkanes of at least 4 members (excludes halogenated alkanes) is 10. The molecule has 22 nitrogen and oxygen atoms in total. The van der Waals surface area contributed by atoms with Crippen LogP contribution in [0.15, 0.2) is 0 Å². The number of carbonyl (C=O) groups excluding carboxylic acids is 8. The van der Waals surface area contributed by atoms with E-state index in [9.17, 15) is 43.5 Å². The molecule has 0 bridgehead atoms. The van der Waals surface area contributed by atoms with Crippen molar-refractivity contribution in [3.8, 4) is 0 Å². The second-order valence-corrected chi connectivity index (χ2v) is 20.4. The molecular formula is C52H101N13O9. The van der Waals surface area contributed by atoms with Crippen LogP contribution in [0.4, 0.5) is 0 Å². The van der Waals surface area contributed by atoms with Gasteiger partial charge in [0, 0.05) is 6.54 Å². The molecule has 19 N–H and O–H groups in total. The zero-order valence-corrected chi connectivity index (χ0v) is 45.3. The smallest absolute Gasteiger partial charge is 0.243 e. The molecule has 1 fully saturated rings. The molecule has 1 rings (SSSR count). The highest BCUT2D eigenvalue weighted by Crippen LogP contribution is 2.15. The molecule has 0 radical (unpaired) electrons. The number of carbonyl (C=O) groups is 8. The first-order valence-electron chi connectivity index (χ1n) is 28.1. The van der Waals surface area contributed by atoms with Crippen LogP contribution in [0.25, 0.3) is 0 Å². The van der Waals surface area contributed by atoms with Gasteiger partial charge in [0.25, 0.3) is 0 Å². The topological polar surface area (TPSA) is 383 Å². The highest BCUT2D eigenvalue weighted by atomic mass is 16.3. The molecule has 1 heterocycles. The molecule has 0 aliphatic carbocycles. The molecule has 428 valence electrons. The Labute approximate surface area is 442 Å². The highest BCUT2D eigenvalue weighted by Gasteiger charge is 2.33. The second-order valence-electron chi connectivity index (χ2n) is 20.4. The van der Waals surface area contributed by atoms with Gasteiger partial charge in [-0.25, -0.2) is 0 Å². The predicted octanol–water partition coefficient (Wildman–Crippen LogP) is 0.484. The van der Waals surface area contributed by atoms with E-state index in [1.165, 1.54) is 19.3 Å². The molecule has 0 aromatic rings. The Morgan fingerprint density at radius 2 is 0.946 bits per heavy atom. The number of amides is 8. The average Bonchev–Trinajstić information content (AvgIpc) is 3.36. The summed E-state index contributed by atoms with van der Waals surface area (Å²) in [5, 5.41) is 32.7. The zero-order chi connectivity index (χ0) is 54.9. The molecule has 0 saturated carbocycles. The van der Waals surface area contributed by atoms with Crippen molar-refractivity contribution < 1.29 is 43.5 Å².